The Hall–Kier alpha value is -2.00. The van der Waals surface area contributed by atoms with Crippen LogP contribution in [-0.4, -0.2) is 55.1 Å². The highest BCUT2D eigenvalue weighted by Crippen LogP contribution is 2.16. The lowest BCUT2D eigenvalue weighted by atomic mass is 9.99. The average Bonchev–Trinajstić information content (AvgIpc) is 2.85. The summed E-state index contributed by atoms with van der Waals surface area (Å²) in [6.07, 6.45) is 0.518. The van der Waals surface area contributed by atoms with E-state index in [9.17, 15) is 27.5 Å². The Labute approximate surface area is 139 Å². The Bertz CT molecular complexity index is 705. The van der Waals surface area contributed by atoms with Gasteiger partial charge in [0, 0.05) is 26.1 Å². The number of amides is 1. The number of aliphatic carboxylic acids is 1. The van der Waals surface area contributed by atoms with Crippen molar-refractivity contribution in [2.75, 3.05) is 25.4 Å². The molecule has 1 aromatic carbocycles. The molecular weight excluding hydrogens is 339 g/mol. The molecule has 0 bridgehead atoms. The number of carboxylic acids is 1. The summed E-state index contributed by atoms with van der Waals surface area (Å²) in [5, 5.41) is 11.7. The van der Waals surface area contributed by atoms with E-state index in [1.807, 2.05) is 0 Å². The second-order valence-electron chi connectivity index (χ2n) is 5.57. The van der Waals surface area contributed by atoms with Crippen LogP contribution >= 0.6 is 0 Å². The van der Waals surface area contributed by atoms with Gasteiger partial charge in [0.15, 0.2) is 0 Å². The molecule has 1 atom stereocenters. The zero-order valence-electron chi connectivity index (χ0n) is 12.9. The predicted octanol–water partition coefficient (Wildman–Crippen LogP) is 0.536. The fourth-order valence-electron chi connectivity index (χ4n) is 2.52. The number of nitrogens with one attached hydrogen (secondary N) is 1. The van der Waals surface area contributed by atoms with Crippen LogP contribution in [-0.2, 0) is 19.6 Å². The maximum atomic E-state index is 12.9. The molecule has 0 spiro atoms. The third kappa shape index (κ3) is 4.75. The van der Waals surface area contributed by atoms with Crippen molar-refractivity contribution in [3.63, 3.8) is 0 Å². The highest BCUT2D eigenvalue weighted by atomic mass is 32.2. The van der Waals surface area contributed by atoms with Crippen LogP contribution in [0.4, 0.5) is 4.39 Å². The van der Waals surface area contributed by atoms with Crippen molar-refractivity contribution in [2.24, 2.45) is 0 Å². The number of rotatable bonds is 7. The molecule has 1 aromatic rings. The molecule has 7 nitrogen and oxygen atoms in total. The maximum Gasteiger partial charge on any atom is 0.312 e. The van der Waals surface area contributed by atoms with Gasteiger partial charge in [-0.2, -0.15) is 0 Å². The van der Waals surface area contributed by atoms with E-state index in [0.29, 0.717) is 18.5 Å². The van der Waals surface area contributed by atoms with Crippen LogP contribution < -0.4 is 5.32 Å². The zero-order valence-corrected chi connectivity index (χ0v) is 13.8. The predicted molar refractivity (Wildman–Crippen MR) is 84.4 cm³/mol. The summed E-state index contributed by atoms with van der Waals surface area (Å²) in [7, 11) is -3.25. The van der Waals surface area contributed by atoms with Gasteiger partial charge in [0.2, 0.25) is 15.9 Å². The third-order valence-electron chi connectivity index (χ3n) is 3.87. The Morgan fingerprint density at radius 1 is 1.29 bits per heavy atom. The lowest BCUT2D eigenvalue weighted by Crippen LogP contribution is -2.35. The summed E-state index contributed by atoms with van der Waals surface area (Å²) < 4.78 is 37.4. The lowest BCUT2D eigenvalue weighted by Gasteiger charge is -2.16. The van der Waals surface area contributed by atoms with Crippen LogP contribution in [0.25, 0.3) is 0 Å². The normalized spacial score (nSPS) is 18.2. The van der Waals surface area contributed by atoms with E-state index in [0.717, 1.165) is 12.1 Å². The Balaban J connectivity index is 1.86. The summed E-state index contributed by atoms with van der Waals surface area (Å²) in [4.78, 5) is 23.2. The van der Waals surface area contributed by atoms with Gasteiger partial charge in [0.25, 0.3) is 0 Å². The van der Waals surface area contributed by atoms with Gasteiger partial charge in [-0.05, 0) is 24.1 Å². The SMILES string of the molecule is O=C(CCN1CCCS1(=O)=O)NCC(C(=O)O)c1ccc(F)cc1. The number of hydrogen-bond donors (Lipinski definition) is 2. The van der Waals surface area contributed by atoms with E-state index in [-0.39, 0.29) is 25.3 Å². The second kappa shape index (κ2) is 7.71. The van der Waals surface area contributed by atoms with Crippen molar-refractivity contribution < 1.29 is 27.5 Å². The van der Waals surface area contributed by atoms with Crippen LogP contribution in [0.15, 0.2) is 24.3 Å². The van der Waals surface area contributed by atoms with E-state index in [1.54, 1.807) is 0 Å². The summed E-state index contributed by atoms with van der Waals surface area (Å²) >= 11 is 0. The quantitative estimate of drug-likeness (QED) is 0.740. The van der Waals surface area contributed by atoms with Gasteiger partial charge in [-0.1, -0.05) is 12.1 Å². The van der Waals surface area contributed by atoms with Crippen LogP contribution in [0.2, 0.25) is 0 Å². The Kier molecular flexibility index (Phi) is 5.89. The number of nitrogens with zero attached hydrogens (tertiary/aromatic N) is 1. The summed E-state index contributed by atoms with van der Waals surface area (Å²) in [5.74, 6) is -2.93. The molecule has 24 heavy (non-hydrogen) atoms. The molecule has 0 radical (unpaired) electrons. The van der Waals surface area contributed by atoms with Gasteiger partial charge in [0.1, 0.15) is 5.82 Å². The highest BCUT2D eigenvalue weighted by molar-refractivity contribution is 7.89. The fraction of sp³-hybridized carbons (Fsp3) is 0.467. The summed E-state index contributed by atoms with van der Waals surface area (Å²) in [6, 6.07) is 5.03. The number of carboxylic acid groups (broad SMARTS) is 1. The first-order valence-corrected chi connectivity index (χ1v) is 9.13. The molecular formula is C15H19FN2O5S. The number of sulfonamides is 1. The second-order valence-corrected chi connectivity index (χ2v) is 7.65. The molecule has 0 aromatic heterocycles. The molecule has 1 aliphatic rings. The molecule has 1 amide bonds. The molecule has 0 saturated carbocycles. The topological polar surface area (TPSA) is 104 Å². The van der Waals surface area contributed by atoms with E-state index < -0.39 is 33.6 Å². The van der Waals surface area contributed by atoms with Crippen molar-refractivity contribution in [1.29, 1.82) is 0 Å². The van der Waals surface area contributed by atoms with Gasteiger partial charge < -0.3 is 10.4 Å². The first-order chi connectivity index (χ1) is 11.3. The van der Waals surface area contributed by atoms with Gasteiger partial charge >= 0.3 is 5.97 Å². The van der Waals surface area contributed by atoms with Crippen molar-refractivity contribution in [3.8, 4) is 0 Å². The third-order valence-corrected chi connectivity index (χ3v) is 5.82. The molecule has 1 fully saturated rings. The average molecular weight is 358 g/mol. The monoisotopic (exact) mass is 358 g/mol. The van der Waals surface area contributed by atoms with E-state index >= 15 is 0 Å². The van der Waals surface area contributed by atoms with Gasteiger partial charge in [0.05, 0.1) is 11.7 Å². The first kappa shape index (κ1) is 18.3. The van der Waals surface area contributed by atoms with Crippen LogP contribution in [0.1, 0.15) is 24.3 Å². The van der Waals surface area contributed by atoms with E-state index in [1.165, 1.54) is 16.4 Å². The minimum atomic E-state index is -3.25. The minimum absolute atomic E-state index is 0.0328. The molecule has 2 rings (SSSR count). The van der Waals surface area contributed by atoms with E-state index in [2.05, 4.69) is 5.32 Å². The number of carbonyl (C=O) groups excluding carboxylic acids is 1. The van der Waals surface area contributed by atoms with Gasteiger partial charge in [-0.3, -0.25) is 9.59 Å². The van der Waals surface area contributed by atoms with Crippen LogP contribution in [0.5, 0.6) is 0 Å². The first-order valence-electron chi connectivity index (χ1n) is 7.52. The van der Waals surface area contributed by atoms with Crippen molar-refractivity contribution in [2.45, 2.75) is 18.8 Å². The molecule has 1 heterocycles. The molecule has 2 N–H and O–H groups in total. The Morgan fingerprint density at radius 2 is 1.96 bits per heavy atom. The highest BCUT2D eigenvalue weighted by Gasteiger charge is 2.28. The fourth-order valence-corrected chi connectivity index (χ4v) is 4.04. The van der Waals surface area contributed by atoms with Gasteiger partial charge in [-0.25, -0.2) is 17.1 Å². The molecule has 9 heteroatoms. The number of benzene rings is 1. The molecule has 1 aliphatic heterocycles. The maximum absolute atomic E-state index is 12.9. The Morgan fingerprint density at radius 3 is 2.50 bits per heavy atom. The lowest BCUT2D eigenvalue weighted by molar-refractivity contribution is -0.138. The van der Waals surface area contributed by atoms with Crippen LogP contribution in [0.3, 0.4) is 0 Å². The zero-order chi connectivity index (χ0) is 17.7. The molecule has 132 valence electrons. The van der Waals surface area contributed by atoms with Crippen molar-refractivity contribution in [3.05, 3.63) is 35.6 Å². The van der Waals surface area contributed by atoms with Crippen LogP contribution in [0, 0.1) is 5.82 Å². The summed E-state index contributed by atoms with van der Waals surface area (Å²) in [6.45, 7) is 0.345. The van der Waals surface area contributed by atoms with Crippen molar-refractivity contribution in [1.82, 2.24) is 9.62 Å². The number of carbonyl (C=O) groups is 2. The number of halogens is 1. The molecule has 1 saturated heterocycles. The molecule has 0 aliphatic carbocycles. The minimum Gasteiger partial charge on any atom is -0.481 e. The molecule has 1 unspecified atom stereocenters. The van der Waals surface area contributed by atoms with Crippen molar-refractivity contribution >= 4 is 21.9 Å². The standard InChI is InChI=1S/C15H19FN2O5S/c16-12-4-2-11(3-5-12)13(15(20)21)10-17-14(19)6-8-18-7-1-9-24(18,22)23/h2-5,13H,1,6-10H2,(H,17,19)(H,20,21). The smallest absolute Gasteiger partial charge is 0.312 e. The summed E-state index contributed by atoms with van der Waals surface area (Å²) in [5.41, 5.74) is 0.381. The van der Waals surface area contributed by atoms with Gasteiger partial charge in [-0.15, -0.1) is 0 Å². The largest absolute Gasteiger partial charge is 0.481 e. The van der Waals surface area contributed by atoms with E-state index in [4.69, 9.17) is 0 Å². The number of hydrogen-bond acceptors (Lipinski definition) is 4.